The number of sulfonamides is 1. The molecule has 7 nitrogen and oxygen atoms in total. The Morgan fingerprint density at radius 2 is 1.74 bits per heavy atom. The number of hydrogen-bond donors (Lipinski definition) is 0. The van der Waals surface area contributed by atoms with E-state index in [4.69, 9.17) is 27.9 Å². The van der Waals surface area contributed by atoms with Crippen LogP contribution >= 0.6 is 23.2 Å². The zero-order valence-electron chi connectivity index (χ0n) is 22.9. The van der Waals surface area contributed by atoms with Crippen LogP contribution in [-0.2, 0) is 24.3 Å². The summed E-state index contributed by atoms with van der Waals surface area (Å²) in [7, 11) is -3.91. The zero-order valence-corrected chi connectivity index (χ0v) is 25.2. The van der Waals surface area contributed by atoms with E-state index in [0.717, 1.165) is 4.31 Å². The third-order valence-corrected chi connectivity index (χ3v) is 10.5. The standard InChI is InChI=1S/C31H31Cl2FN2O5S/c1-2-24(19-35(42(39,40)25-14-15-25)27-9-4-3-8-26(27)34)36-29(20-10-12-22(32)13-11-20)30(21-6-5-7-23(33)18-21)41-28(16-17-37)31(36)38/h3-13,17-18,24-25,28-30H,2,14-16,19H2,1H3/t24?,28-,29-,30-/m1/s1. The van der Waals surface area contributed by atoms with E-state index in [1.807, 2.05) is 13.0 Å². The van der Waals surface area contributed by atoms with Crippen LogP contribution in [0.2, 0.25) is 10.0 Å². The maximum absolute atomic E-state index is 15.1. The maximum Gasteiger partial charge on any atom is 0.253 e. The monoisotopic (exact) mass is 632 g/mol. The highest BCUT2D eigenvalue weighted by molar-refractivity contribution is 7.93. The lowest BCUT2D eigenvalue weighted by molar-refractivity contribution is -0.180. The SMILES string of the molecule is CCC(CN(c1ccccc1F)S(=O)(=O)C1CC1)N1C(=O)[C@@H](CC=O)O[C@H](c2cccc(Cl)c2)[C@H]1c1ccc(Cl)cc1. The largest absolute Gasteiger partial charge is 0.357 e. The fourth-order valence-electron chi connectivity index (χ4n) is 5.49. The molecule has 0 aromatic heterocycles. The molecule has 5 rings (SSSR count). The molecule has 1 saturated heterocycles. The van der Waals surface area contributed by atoms with Gasteiger partial charge >= 0.3 is 0 Å². The number of nitrogens with zero attached hydrogens (tertiary/aromatic N) is 2. The Morgan fingerprint density at radius 1 is 1.02 bits per heavy atom. The van der Waals surface area contributed by atoms with Crippen molar-refractivity contribution in [3.63, 3.8) is 0 Å². The summed E-state index contributed by atoms with van der Waals surface area (Å²) >= 11 is 12.6. The van der Waals surface area contributed by atoms with Crippen LogP contribution < -0.4 is 4.31 Å². The molecule has 1 amide bonds. The molecule has 1 aliphatic carbocycles. The van der Waals surface area contributed by atoms with Crippen molar-refractivity contribution in [3.8, 4) is 0 Å². The van der Waals surface area contributed by atoms with Crippen molar-refractivity contribution in [1.29, 1.82) is 0 Å². The van der Waals surface area contributed by atoms with Crippen molar-refractivity contribution in [3.05, 3.63) is 99.8 Å². The molecule has 0 N–H and O–H groups in total. The van der Waals surface area contributed by atoms with Crippen molar-refractivity contribution in [2.75, 3.05) is 10.8 Å². The zero-order chi connectivity index (χ0) is 30.0. The van der Waals surface area contributed by atoms with Crippen LogP contribution in [0.1, 0.15) is 55.9 Å². The number of morpholine rings is 1. The highest BCUT2D eigenvalue weighted by Gasteiger charge is 2.48. The van der Waals surface area contributed by atoms with E-state index < -0.39 is 51.3 Å². The minimum Gasteiger partial charge on any atom is -0.357 e. The van der Waals surface area contributed by atoms with Crippen molar-refractivity contribution in [1.82, 2.24) is 4.90 Å². The van der Waals surface area contributed by atoms with E-state index in [1.54, 1.807) is 53.4 Å². The van der Waals surface area contributed by atoms with Gasteiger partial charge in [0, 0.05) is 16.5 Å². The predicted octanol–water partition coefficient (Wildman–Crippen LogP) is 6.51. The Hall–Kier alpha value is -2.98. The van der Waals surface area contributed by atoms with E-state index in [1.165, 1.54) is 18.2 Å². The van der Waals surface area contributed by atoms with Gasteiger partial charge in [0.2, 0.25) is 10.0 Å². The number of halogens is 3. The molecular weight excluding hydrogens is 602 g/mol. The van der Waals surface area contributed by atoms with Gasteiger partial charge in [-0.05, 0) is 66.8 Å². The molecule has 2 fully saturated rings. The number of para-hydroxylation sites is 1. The highest BCUT2D eigenvalue weighted by atomic mass is 35.5. The first-order valence-electron chi connectivity index (χ1n) is 13.8. The molecule has 11 heteroatoms. The van der Waals surface area contributed by atoms with Crippen LogP contribution in [0, 0.1) is 5.82 Å². The molecule has 1 unspecified atom stereocenters. The third kappa shape index (κ3) is 6.20. The van der Waals surface area contributed by atoms with Gasteiger partial charge < -0.3 is 14.4 Å². The van der Waals surface area contributed by atoms with Gasteiger partial charge in [-0.25, -0.2) is 12.8 Å². The second-order valence-corrected chi connectivity index (χ2v) is 13.5. The Balaban J connectivity index is 1.65. The molecule has 3 aromatic carbocycles. The smallest absolute Gasteiger partial charge is 0.253 e. The Labute approximate surface area is 255 Å². The van der Waals surface area contributed by atoms with Gasteiger partial charge in [0.1, 0.15) is 24.3 Å². The number of hydrogen-bond acceptors (Lipinski definition) is 5. The average Bonchev–Trinajstić information content (AvgIpc) is 3.83. The topological polar surface area (TPSA) is 84.0 Å². The summed E-state index contributed by atoms with van der Waals surface area (Å²) in [6.07, 6.45) is -0.0828. The first-order chi connectivity index (χ1) is 20.1. The van der Waals surface area contributed by atoms with Crippen molar-refractivity contribution in [2.24, 2.45) is 0 Å². The van der Waals surface area contributed by atoms with Gasteiger partial charge in [-0.1, -0.05) is 66.5 Å². The molecule has 3 aromatic rings. The summed E-state index contributed by atoms with van der Waals surface area (Å²) in [5, 5.41) is 0.360. The van der Waals surface area contributed by atoms with E-state index in [-0.39, 0.29) is 18.7 Å². The van der Waals surface area contributed by atoms with Gasteiger partial charge in [0.15, 0.2) is 0 Å². The first kappa shape index (κ1) is 30.5. The molecule has 42 heavy (non-hydrogen) atoms. The summed E-state index contributed by atoms with van der Waals surface area (Å²) in [6.45, 7) is 1.67. The lowest BCUT2D eigenvalue weighted by Crippen LogP contribution is -2.58. The number of carbonyl (C=O) groups is 2. The number of carbonyl (C=O) groups excluding carboxylic acids is 2. The normalized spacial score (nSPS) is 21.7. The molecule has 4 atom stereocenters. The highest BCUT2D eigenvalue weighted by Crippen LogP contribution is 2.45. The van der Waals surface area contributed by atoms with Crippen LogP contribution in [0.4, 0.5) is 10.1 Å². The number of ether oxygens (including phenoxy) is 1. The van der Waals surface area contributed by atoms with Crippen LogP contribution in [-0.4, -0.2) is 49.5 Å². The van der Waals surface area contributed by atoms with E-state index in [0.29, 0.717) is 46.7 Å². The van der Waals surface area contributed by atoms with Gasteiger partial charge in [0.25, 0.3) is 5.91 Å². The number of aldehydes is 1. The molecule has 2 aliphatic rings. The number of benzene rings is 3. The molecule has 1 aliphatic heterocycles. The maximum atomic E-state index is 15.1. The summed E-state index contributed by atoms with van der Waals surface area (Å²) in [5.41, 5.74) is 1.31. The predicted molar refractivity (Wildman–Crippen MR) is 161 cm³/mol. The van der Waals surface area contributed by atoms with Gasteiger partial charge in [-0.2, -0.15) is 0 Å². The Bertz CT molecular complexity index is 1550. The second-order valence-electron chi connectivity index (χ2n) is 10.5. The summed E-state index contributed by atoms with van der Waals surface area (Å²) in [5.74, 6) is -1.13. The molecule has 1 heterocycles. The van der Waals surface area contributed by atoms with Gasteiger partial charge in [-0.15, -0.1) is 0 Å². The molecule has 1 saturated carbocycles. The minimum atomic E-state index is -3.91. The van der Waals surface area contributed by atoms with Crippen LogP contribution in [0.15, 0.2) is 72.8 Å². The van der Waals surface area contributed by atoms with E-state index in [2.05, 4.69) is 0 Å². The number of anilines is 1. The molecule has 0 radical (unpaired) electrons. The van der Waals surface area contributed by atoms with Crippen LogP contribution in [0.3, 0.4) is 0 Å². The van der Waals surface area contributed by atoms with E-state index in [9.17, 15) is 18.0 Å². The summed E-state index contributed by atoms with van der Waals surface area (Å²) in [6, 6.07) is 18.4. The Kier molecular flexibility index (Phi) is 9.23. The van der Waals surface area contributed by atoms with Crippen molar-refractivity contribution < 1.29 is 27.1 Å². The average molecular weight is 634 g/mol. The second kappa shape index (κ2) is 12.7. The Morgan fingerprint density at radius 3 is 2.36 bits per heavy atom. The molecule has 222 valence electrons. The summed E-state index contributed by atoms with van der Waals surface area (Å²) < 4.78 is 49.9. The first-order valence-corrected chi connectivity index (χ1v) is 16.1. The number of amides is 1. The minimum absolute atomic E-state index is 0.0672. The lowest BCUT2D eigenvalue weighted by Gasteiger charge is -2.48. The fraction of sp³-hybridized carbons (Fsp3) is 0.355. The van der Waals surface area contributed by atoms with Crippen LogP contribution in [0.25, 0.3) is 0 Å². The van der Waals surface area contributed by atoms with Crippen molar-refractivity contribution in [2.45, 2.75) is 62.1 Å². The molecular formula is C31H31Cl2FN2O5S. The van der Waals surface area contributed by atoms with E-state index >= 15 is 4.39 Å². The number of rotatable bonds is 11. The summed E-state index contributed by atoms with van der Waals surface area (Å²) in [4.78, 5) is 27.4. The lowest BCUT2D eigenvalue weighted by atomic mass is 9.89. The molecule has 0 bridgehead atoms. The quantitative estimate of drug-likeness (QED) is 0.225. The van der Waals surface area contributed by atoms with Gasteiger partial charge in [0.05, 0.1) is 29.6 Å². The molecule has 0 spiro atoms. The van der Waals surface area contributed by atoms with Gasteiger partial charge in [-0.3, -0.25) is 9.10 Å². The van der Waals surface area contributed by atoms with Crippen molar-refractivity contribution >= 4 is 51.1 Å². The third-order valence-electron chi connectivity index (χ3n) is 7.74. The fourth-order valence-corrected chi connectivity index (χ4v) is 7.71. The van der Waals surface area contributed by atoms with Crippen LogP contribution in [0.5, 0.6) is 0 Å².